The molecular weight excluding hydrogens is 480 g/mol. The van der Waals surface area contributed by atoms with Gasteiger partial charge in [0.1, 0.15) is 6.26 Å². The summed E-state index contributed by atoms with van der Waals surface area (Å²) in [6.45, 7) is 4.14. The Morgan fingerprint density at radius 1 is 1.30 bits per heavy atom. The molecule has 1 amide bonds. The van der Waals surface area contributed by atoms with Gasteiger partial charge < -0.3 is 34.4 Å². The van der Waals surface area contributed by atoms with Crippen molar-refractivity contribution in [1.29, 1.82) is 0 Å². The first-order valence-electron chi connectivity index (χ1n) is 12.8. The molecule has 2 aromatic rings. The van der Waals surface area contributed by atoms with Gasteiger partial charge in [0.15, 0.2) is 17.4 Å². The number of nitrogens with two attached hydrogens (primary N) is 1. The molecule has 3 heterocycles. The zero-order valence-corrected chi connectivity index (χ0v) is 21.4. The zero-order chi connectivity index (χ0) is 26.4. The number of hydrogen-bond acceptors (Lipinski definition) is 9. The van der Waals surface area contributed by atoms with E-state index in [-0.39, 0.29) is 25.2 Å². The van der Waals surface area contributed by atoms with Gasteiger partial charge in [-0.3, -0.25) is 14.5 Å². The number of aryl methyl sites for hydroxylation is 1. The summed E-state index contributed by atoms with van der Waals surface area (Å²) in [5.74, 6) is -0.0415. The van der Waals surface area contributed by atoms with Crippen molar-refractivity contribution in [3.8, 4) is 17.2 Å². The molecule has 3 N–H and O–H groups in total. The number of aliphatic carboxylic acids is 1. The molecule has 0 unspecified atom stereocenters. The highest BCUT2D eigenvalue weighted by Gasteiger charge is 2.47. The smallest absolute Gasteiger partial charge is 0.308 e. The fraction of sp³-hybridized carbons (Fsp3) is 0.577. The van der Waals surface area contributed by atoms with Crippen LogP contribution in [0.2, 0.25) is 0 Å². The molecule has 1 aromatic carbocycles. The molecule has 0 aliphatic carbocycles. The van der Waals surface area contributed by atoms with Gasteiger partial charge in [-0.05, 0) is 30.5 Å². The number of carbonyl (C=O) groups is 2. The molecule has 1 saturated heterocycles. The topological polar surface area (TPSA) is 141 Å². The maximum atomic E-state index is 13.3. The molecule has 1 fully saturated rings. The molecule has 0 bridgehead atoms. The van der Waals surface area contributed by atoms with Crippen LogP contribution in [0.3, 0.4) is 0 Å². The number of amides is 1. The molecule has 2 aliphatic rings. The highest BCUT2D eigenvalue weighted by molar-refractivity contribution is 5.79. The van der Waals surface area contributed by atoms with Crippen molar-refractivity contribution in [3.63, 3.8) is 0 Å². The van der Waals surface area contributed by atoms with Gasteiger partial charge in [-0.2, -0.15) is 0 Å². The van der Waals surface area contributed by atoms with Crippen LogP contribution < -0.4 is 19.9 Å². The van der Waals surface area contributed by atoms with Crippen LogP contribution in [0.5, 0.6) is 17.2 Å². The summed E-state index contributed by atoms with van der Waals surface area (Å²) in [4.78, 5) is 34.0. The molecule has 1 aromatic heterocycles. The third-order valence-corrected chi connectivity index (χ3v) is 7.15. The van der Waals surface area contributed by atoms with Gasteiger partial charge >= 0.3 is 5.97 Å². The van der Waals surface area contributed by atoms with Crippen molar-refractivity contribution in [2.75, 3.05) is 46.6 Å². The van der Waals surface area contributed by atoms with Crippen LogP contribution in [0.25, 0.3) is 0 Å². The lowest BCUT2D eigenvalue weighted by Gasteiger charge is -2.29. The van der Waals surface area contributed by atoms with Crippen molar-refractivity contribution in [1.82, 2.24) is 14.8 Å². The normalized spacial score (nSPS) is 20.8. The van der Waals surface area contributed by atoms with E-state index in [1.54, 1.807) is 11.1 Å². The number of ether oxygens (including phenoxy) is 3. The standard InChI is InChI=1S/C26H36N4O7/c1-3-4-9-29(10-7-27)23(31)15-30-14-18(17-12-20(34-2)25-21(13-17)36-16-37-25)24(26(32)33)19(30)5-6-22-28-8-11-35-22/h8,11-13,18-19,24H,3-7,9-10,14-16,27H2,1-2H3,(H,32,33)/t18-,19+,24-/m1/s1. The molecule has 2 aliphatic heterocycles. The van der Waals surface area contributed by atoms with Crippen molar-refractivity contribution in [3.05, 3.63) is 36.0 Å². The number of carboxylic acids is 1. The van der Waals surface area contributed by atoms with E-state index in [1.807, 2.05) is 17.0 Å². The summed E-state index contributed by atoms with van der Waals surface area (Å²) in [5, 5.41) is 10.4. The summed E-state index contributed by atoms with van der Waals surface area (Å²) >= 11 is 0. The second-order valence-corrected chi connectivity index (χ2v) is 9.41. The summed E-state index contributed by atoms with van der Waals surface area (Å²) in [7, 11) is 1.54. The minimum Gasteiger partial charge on any atom is -0.493 e. The predicted molar refractivity (Wildman–Crippen MR) is 134 cm³/mol. The summed E-state index contributed by atoms with van der Waals surface area (Å²) in [6.07, 6.45) is 5.86. The van der Waals surface area contributed by atoms with Crippen LogP contribution in [-0.4, -0.2) is 84.4 Å². The number of fused-ring (bicyclic) bond motifs is 1. The molecule has 3 atom stereocenters. The SMILES string of the molecule is CCCCN(CCN)C(=O)CN1C[C@H](c2cc(OC)c3c(c2)OCO3)[C@@H](C(=O)O)[C@@H]1CCc1ncco1. The Kier molecular flexibility index (Phi) is 8.88. The Balaban J connectivity index is 1.63. The predicted octanol–water partition coefficient (Wildman–Crippen LogP) is 2.10. The number of oxazole rings is 1. The van der Waals surface area contributed by atoms with E-state index in [0.717, 1.165) is 18.4 Å². The molecule has 0 saturated carbocycles. The Bertz CT molecular complexity index is 1060. The number of likely N-dealkylation sites (tertiary alicyclic amines) is 1. The third kappa shape index (κ3) is 5.99. The number of carbonyl (C=O) groups excluding carboxylic acids is 1. The van der Waals surface area contributed by atoms with Crippen molar-refractivity contribution < 1.29 is 33.3 Å². The van der Waals surface area contributed by atoms with Gasteiger partial charge in [0.05, 0.1) is 25.8 Å². The fourth-order valence-corrected chi connectivity index (χ4v) is 5.34. The van der Waals surface area contributed by atoms with Crippen LogP contribution in [0, 0.1) is 5.92 Å². The van der Waals surface area contributed by atoms with E-state index < -0.39 is 17.9 Å². The zero-order valence-electron chi connectivity index (χ0n) is 21.4. The average Bonchev–Trinajstić information content (AvgIpc) is 3.64. The number of hydrogen-bond donors (Lipinski definition) is 2. The number of unbranched alkanes of at least 4 members (excludes halogenated alkanes) is 1. The minimum absolute atomic E-state index is 0.0481. The lowest BCUT2D eigenvalue weighted by molar-refractivity contribution is -0.143. The molecule has 202 valence electrons. The van der Waals surface area contributed by atoms with Crippen LogP contribution in [-0.2, 0) is 16.0 Å². The van der Waals surface area contributed by atoms with Gasteiger partial charge in [-0.15, -0.1) is 0 Å². The lowest BCUT2D eigenvalue weighted by Crippen LogP contribution is -2.45. The molecule has 37 heavy (non-hydrogen) atoms. The summed E-state index contributed by atoms with van der Waals surface area (Å²) in [5.41, 5.74) is 6.54. The Hall–Kier alpha value is -3.31. The number of benzene rings is 1. The van der Waals surface area contributed by atoms with E-state index in [4.69, 9.17) is 24.4 Å². The largest absolute Gasteiger partial charge is 0.493 e. The number of rotatable bonds is 13. The van der Waals surface area contributed by atoms with Gasteiger partial charge in [-0.1, -0.05) is 13.3 Å². The van der Waals surface area contributed by atoms with E-state index in [0.29, 0.717) is 62.2 Å². The van der Waals surface area contributed by atoms with Gasteiger partial charge in [0, 0.05) is 44.6 Å². The summed E-state index contributed by atoms with van der Waals surface area (Å²) in [6, 6.07) is 3.23. The number of aromatic nitrogens is 1. The molecule has 0 spiro atoms. The molecule has 0 radical (unpaired) electrons. The van der Waals surface area contributed by atoms with Gasteiger partial charge in [0.2, 0.25) is 18.4 Å². The average molecular weight is 517 g/mol. The van der Waals surface area contributed by atoms with Crippen LogP contribution in [0.1, 0.15) is 43.6 Å². The monoisotopic (exact) mass is 516 g/mol. The van der Waals surface area contributed by atoms with E-state index in [2.05, 4.69) is 11.9 Å². The maximum absolute atomic E-state index is 13.3. The van der Waals surface area contributed by atoms with E-state index in [9.17, 15) is 14.7 Å². The second kappa shape index (κ2) is 12.3. The maximum Gasteiger partial charge on any atom is 0.308 e. The Labute approximate surface area is 216 Å². The van der Waals surface area contributed by atoms with Crippen molar-refractivity contribution in [2.45, 2.75) is 44.6 Å². The van der Waals surface area contributed by atoms with Crippen LogP contribution in [0.4, 0.5) is 0 Å². The Morgan fingerprint density at radius 3 is 2.81 bits per heavy atom. The first-order valence-corrected chi connectivity index (χ1v) is 12.8. The first-order chi connectivity index (χ1) is 18.0. The highest BCUT2D eigenvalue weighted by Crippen LogP contribution is 2.47. The van der Waals surface area contributed by atoms with Crippen LogP contribution in [0.15, 0.2) is 29.0 Å². The number of carboxylic acid groups (broad SMARTS) is 1. The Morgan fingerprint density at radius 2 is 2.14 bits per heavy atom. The third-order valence-electron chi connectivity index (χ3n) is 7.15. The number of methoxy groups -OCH3 is 1. The molecular formula is C26H36N4O7. The van der Waals surface area contributed by atoms with Crippen molar-refractivity contribution >= 4 is 11.9 Å². The van der Waals surface area contributed by atoms with Gasteiger partial charge in [0.25, 0.3) is 0 Å². The first kappa shape index (κ1) is 26.7. The van der Waals surface area contributed by atoms with Crippen molar-refractivity contribution in [2.24, 2.45) is 11.7 Å². The highest BCUT2D eigenvalue weighted by atomic mass is 16.7. The molecule has 4 rings (SSSR count). The van der Waals surface area contributed by atoms with Crippen LogP contribution >= 0.6 is 0 Å². The molecule has 11 nitrogen and oxygen atoms in total. The fourth-order valence-electron chi connectivity index (χ4n) is 5.34. The second-order valence-electron chi connectivity index (χ2n) is 9.41. The van der Waals surface area contributed by atoms with E-state index in [1.165, 1.54) is 13.4 Å². The summed E-state index contributed by atoms with van der Waals surface area (Å²) < 4.78 is 22.0. The number of nitrogens with zero attached hydrogens (tertiary/aromatic N) is 3. The lowest BCUT2D eigenvalue weighted by atomic mass is 9.83. The quantitative estimate of drug-likeness (QED) is 0.407. The van der Waals surface area contributed by atoms with E-state index >= 15 is 0 Å². The molecule has 11 heteroatoms. The van der Waals surface area contributed by atoms with Gasteiger partial charge in [-0.25, -0.2) is 4.98 Å². The minimum atomic E-state index is -0.918.